The molecule has 1 N–H and O–H groups in total. The molecule has 4 aromatic rings. The van der Waals surface area contributed by atoms with Crippen LogP contribution in [0.25, 0.3) is 11.1 Å². The van der Waals surface area contributed by atoms with E-state index in [2.05, 4.69) is 10.3 Å². The van der Waals surface area contributed by atoms with Gasteiger partial charge in [-0.15, -0.1) is 0 Å². The molecule has 0 fully saturated rings. The highest BCUT2D eigenvalue weighted by atomic mass is 35.5. The lowest BCUT2D eigenvalue weighted by Crippen LogP contribution is -2.12. The zero-order chi connectivity index (χ0) is 23.5. The molecule has 1 aliphatic rings. The number of pyridine rings is 1. The van der Waals surface area contributed by atoms with E-state index >= 15 is 0 Å². The molecule has 0 bridgehead atoms. The van der Waals surface area contributed by atoms with Gasteiger partial charge < -0.3 is 14.8 Å². The summed E-state index contributed by atoms with van der Waals surface area (Å²) in [5.41, 5.74) is 3.94. The number of halogens is 2. The maximum Gasteiger partial charge on any atom is 0.255 e. The molecule has 1 amide bonds. The summed E-state index contributed by atoms with van der Waals surface area (Å²) in [6.07, 6.45) is 5.25. The summed E-state index contributed by atoms with van der Waals surface area (Å²) >= 11 is 12.5. The first-order chi connectivity index (χ1) is 16.5. The van der Waals surface area contributed by atoms with Crippen molar-refractivity contribution in [1.82, 2.24) is 4.98 Å². The van der Waals surface area contributed by atoms with E-state index in [1.165, 1.54) is 0 Å². The van der Waals surface area contributed by atoms with Crippen LogP contribution in [0.3, 0.4) is 0 Å². The zero-order valence-electron chi connectivity index (χ0n) is 18.1. The van der Waals surface area contributed by atoms with Gasteiger partial charge in [0, 0.05) is 28.4 Å². The van der Waals surface area contributed by atoms with E-state index in [1.807, 2.05) is 42.5 Å². The number of aryl methyl sites for hydroxylation is 1. The lowest BCUT2D eigenvalue weighted by Gasteiger charge is -2.19. The fourth-order valence-corrected chi connectivity index (χ4v) is 4.18. The molecule has 0 unspecified atom stereocenters. The number of carbonyl (C=O) groups is 1. The average Bonchev–Trinajstić information content (AvgIpc) is 2.85. The van der Waals surface area contributed by atoms with Crippen LogP contribution in [0.1, 0.15) is 22.3 Å². The summed E-state index contributed by atoms with van der Waals surface area (Å²) in [5.74, 6) is 1.63. The Labute approximate surface area is 207 Å². The number of rotatable bonds is 5. The number of hydrogen-bond acceptors (Lipinski definition) is 4. The fraction of sp³-hybridized carbons (Fsp3) is 0.111. The number of amides is 1. The van der Waals surface area contributed by atoms with Crippen LogP contribution in [-0.2, 0) is 6.42 Å². The average molecular weight is 491 g/mol. The number of anilines is 1. The van der Waals surface area contributed by atoms with Crippen LogP contribution < -0.4 is 14.8 Å². The third-order valence-electron chi connectivity index (χ3n) is 5.46. The number of benzene rings is 3. The third kappa shape index (κ3) is 5.01. The second kappa shape index (κ2) is 9.75. The van der Waals surface area contributed by atoms with Crippen molar-refractivity contribution in [3.05, 3.63) is 100 Å². The Kier molecular flexibility index (Phi) is 6.39. The molecule has 3 aromatic carbocycles. The maximum absolute atomic E-state index is 12.8. The monoisotopic (exact) mass is 490 g/mol. The number of aromatic nitrogens is 1. The molecule has 34 heavy (non-hydrogen) atoms. The van der Waals surface area contributed by atoms with Crippen molar-refractivity contribution in [2.24, 2.45) is 0 Å². The minimum Gasteiger partial charge on any atom is -0.493 e. The van der Waals surface area contributed by atoms with Gasteiger partial charge in [0.2, 0.25) is 0 Å². The number of hydrogen-bond donors (Lipinski definition) is 1. The molecule has 0 atom stereocenters. The molecule has 5 rings (SSSR count). The third-order valence-corrected chi connectivity index (χ3v) is 5.99. The van der Waals surface area contributed by atoms with E-state index in [4.69, 9.17) is 32.7 Å². The largest absolute Gasteiger partial charge is 0.493 e. The van der Waals surface area contributed by atoms with E-state index in [0.29, 0.717) is 39.4 Å². The smallest absolute Gasteiger partial charge is 0.255 e. The Bertz CT molecular complexity index is 1360. The van der Waals surface area contributed by atoms with E-state index in [9.17, 15) is 4.79 Å². The molecule has 1 aliphatic heterocycles. The van der Waals surface area contributed by atoms with Crippen LogP contribution in [0.4, 0.5) is 5.69 Å². The van der Waals surface area contributed by atoms with Crippen molar-refractivity contribution in [2.75, 3.05) is 11.9 Å². The number of fused-ring (bicyclic) bond motifs is 1. The van der Waals surface area contributed by atoms with Gasteiger partial charge in [0.15, 0.2) is 0 Å². The zero-order valence-corrected chi connectivity index (χ0v) is 19.6. The van der Waals surface area contributed by atoms with Gasteiger partial charge in [-0.3, -0.25) is 9.78 Å². The SMILES string of the molecule is O=C(Nc1cncc(-c2cccc(Cl)c2)c1)c1ccc(Oc2cc3c(cc2Cl)CCCO3)cc1. The van der Waals surface area contributed by atoms with Crippen molar-refractivity contribution >= 4 is 34.8 Å². The van der Waals surface area contributed by atoms with Crippen molar-refractivity contribution in [2.45, 2.75) is 12.8 Å². The predicted molar refractivity (Wildman–Crippen MR) is 134 cm³/mol. The van der Waals surface area contributed by atoms with Gasteiger partial charge in [-0.25, -0.2) is 0 Å². The standard InChI is InChI=1S/C27H20Cl2N2O3/c28-21-5-1-3-18(11-21)20-12-22(16-30-15-20)31-27(32)17-6-8-23(9-7-17)34-26-14-25-19(13-24(26)29)4-2-10-33-25/h1,3,5-9,11-16H,2,4,10H2,(H,31,32). The van der Waals surface area contributed by atoms with Crippen molar-refractivity contribution in [1.29, 1.82) is 0 Å². The van der Waals surface area contributed by atoms with Gasteiger partial charge in [-0.1, -0.05) is 35.3 Å². The maximum atomic E-state index is 12.8. The lowest BCUT2D eigenvalue weighted by molar-refractivity contribution is 0.102. The molecule has 0 spiro atoms. The van der Waals surface area contributed by atoms with Crippen molar-refractivity contribution < 1.29 is 14.3 Å². The number of ether oxygens (including phenoxy) is 2. The Morgan fingerprint density at radius 2 is 1.82 bits per heavy atom. The van der Waals surface area contributed by atoms with Gasteiger partial charge in [0.25, 0.3) is 5.91 Å². The van der Waals surface area contributed by atoms with Gasteiger partial charge in [-0.05, 0) is 72.5 Å². The van der Waals surface area contributed by atoms with E-state index in [0.717, 1.165) is 35.3 Å². The minimum atomic E-state index is -0.253. The molecule has 2 heterocycles. The van der Waals surface area contributed by atoms with Crippen LogP contribution in [0, 0.1) is 0 Å². The Morgan fingerprint density at radius 1 is 0.971 bits per heavy atom. The molecule has 170 valence electrons. The van der Waals surface area contributed by atoms with Crippen LogP contribution in [-0.4, -0.2) is 17.5 Å². The van der Waals surface area contributed by atoms with Gasteiger partial charge in [-0.2, -0.15) is 0 Å². The number of nitrogens with zero attached hydrogens (tertiary/aromatic N) is 1. The van der Waals surface area contributed by atoms with Crippen molar-refractivity contribution in [3.8, 4) is 28.4 Å². The van der Waals surface area contributed by atoms with Crippen LogP contribution in [0.15, 0.2) is 79.1 Å². The van der Waals surface area contributed by atoms with Crippen molar-refractivity contribution in [3.63, 3.8) is 0 Å². The summed E-state index contributed by atoms with van der Waals surface area (Å²) in [6, 6.07) is 19.9. The Morgan fingerprint density at radius 3 is 2.65 bits per heavy atom. The quantitative estimate of drug-likeness (QED) is 0.316. The van der Waals surface area contributed by atoms with Crippen LogP contribution in [0.2, 0.25) is 10.0 Å². The highest BCUT2D eigenvalue weighted by molar-refractivity contribution is 6.32. The van der Waals surface area contributed by atoms with Gasteiger partial charge in [0.1, 0.15) is 17.2 Å². The summed E-state index contributed by atoms with van der Waals surface area (Å²) in [5, 5.41) is 4.05. The normalized spacial score (nSPS) is 12.4. The van der Waals surface area contributed by atoms with Gasteiger partial charge in [0.05, 0.1) is 23.5 Å². The number of nitrogens with one attached hydrogen (secondary N) is 1. The first-order valence-electron chi connectivity index (χ1n) is 10.8. The van der Waals surface area contributed by atoms with E-state index in [1.54, 1.807) is 36.7 Å². The molecular weight excluding hydrogens is 471 g/mol. The molecule has 1 aromatic heterocycles. The first kappa shape index (κ1) is 22.3. The van der Waals surface area contributed by atoms with Crippen LogP contribution in [0.5, 0.6) is 17.2 Å². The highest BCUT2D eigenvalue weighted by Crippen LogP contribution is 2.37. The molecule has 7 heteroatoms. The minimum absolute atomic E-state index is 0.253. The predicted octanol–water partition coefficient (Wildman–Crippen LogP) is 7.43. The Hall–Kier alpha value is -3.54. The summed E-state index contributed by atoms with van der Waals surface area (Å²) in [7, 11) is 0. The van der Waals surface area contributed by atoms with E-state index < -0.39 is 0 Å². The van der Waals surface area contributed by atoms with Crippen LogP contribution >= 0.6 is 23.2 Å². The summed E-state index contributed by atoms with van der Waals surface area (Å²) in [4.78, 5) is 17.0. The van der Waals surface area contributed by atoms with Gasteiger partial charge >= 0.3 is 0 Å². The molecular formula is C27H20Cl2N2O3. The first-order valence-corrected chi connectivity index (χ1v) is 11.6. The molecule has 5 nitrogen and oxygen atoms in total. The highest BCUT2D eigenvalue weighted by Gasteiger charge is 2.15. The number of carbonyl (C=O) groups excluding carboxylic acids is 1. The molecule has 0 radical (unpaired) electrons. The van der Waals surface area contributed by atoms with E-state index in [-0.39, 0.29) is 5.91 Å². The molecule has 0 saturated heterocycles. The molecule has 0 saturated carbocycles. The second-order valence-corrected chi connectivity index (χ2v) is 8.74. The molecule has 0 aliphatic carbocycles. The second-order valence-electron chi connectivity index (χ2n) is 7.90. The Balaban J connectivity index is 1.28. The summed E-state index contributed by atoms with van der Waals surface area (Å²) < 4.78 is 11.6. The fourth-order valence-electron chi connectivity index (χ4n) is 3.77. The summed E-state index contributed by atoms with van der Waals surface area (Å²) in [6.45, 7) is 0.690. The lowest BCUT2D eigenvalue weighted by atomic mass is 10.1. The topological polar surface area (TPSA) is 60.5 Å².